The first kappa shape index (κ1) is 21.4. The van der Waals surface area contributed by atoms with Crippen LogP contribution >= 0.6 is 0 Å². The van der Waals surface area contributed by atoms with Crippen LogP contribution < -0.4 is 0 Å². The molecule has 0 bridgehead atoms. The van der Waals surface area contributed by atoms with Crippen LogP contribution in [0, 0.1) is 0 Å². The van der Waals surface area contributed by atoms with E-state index in [9.17, 15) is 4.21 Å². The molecule has 0 saturated heterocycles. The van der Waals surface area contributed by atoms with Crippen LogP contribution in [0.15, 0.2) is 138 Å². The Kier molecular flexibility index (Phi) is 4.60. The average molecular weight is 507 g/mol. The van der Waals surface area contributed by atoms with Crippen LogP contribution in [0.5, 0.6) is 0 Å². The fraction of sp³-hybridized carbons (Fsp3) is 0. The highest BCUT2D eigenvalue weighted by atomic mass is 32.2. The SMILES string of the molecule is O=S1c2ccccc2-n2c(-c3ccccc3)c(-c3ccccc3)c3ccc4cc(-c5ccccc5)n1c4c32. The summed E-state index contributed by atoms with van der Waals surface area (Å²) in [5.74, 6) is 0. The molecule has 0 spiro atoms. The molecule has 0 saturated carbocycles. The van der Waals surface area contributed by atoms with Crippen LogP contribution in [0.1, 0.15) is 0 Å². The summed E-state index contributed by atoms with van der Waals surface area (Å²) in [6, 6.07) is 46.1. The molecule has 8 rings (SSSR count). The first-order chi connectivity index (χ1) is 18.8. The van der Waals surface area contributed by atoms with Gasteiger partial charge in [-0.05, 0) is 34.9 Å². The molecule has 0 radical (unpaired) electrons. The molecule has 2 aromatic heterocycles. The summed E-state index contributed by atoms with van der Waals surface area (Å²) in [4.78, 5) is 0.798. The molecule has 38 heavy (non-hydrogen) atoms. The van der Waals surface area contributed by atoms with E-state index in [4.69, 9.17) is 0 Å². The van der Waals surface area contributed by atoms with Crippen molar-refractivity contribution in [3.8, 4) is 39.3 Å². The van der Waals surface area contributed by atoms with E-state index >= 15 is 0 Å². The van der Waals surface area contributed by atoms with Gasteiger partial charge in [0.15, 0.2) is 11.0 Å². The Labute approximate surface area is 222 Å². The quantitative estimate of drug-likeness (QED) is 0.236. The van der Waals surface area contributed by atoms with Gasteiger partial charge in [0, 0.05) is 16.3 Å². The molecular weight excluding hydrogens is 484 g/mol. The van der Waals surface area contributed by atoms with Gasteiger partial charge in [-0.25, -0.2) is 4.21 Å². The molecule has 0 fully saturated rings. The Morgan fingerprint density at radius 3 is 1.87 bits per heavy atom. The van der Waals surface area contributed by atoms with Crippen LogP contribution in [0.25, 0.3) is 61.1 Å². The predicted octanol–water partition coefficient (Wildman–Crippen LogP) is 8.47. The molecule has 0 aliphatic carbocycles. The van der Waals surface area contributed by atoms with E-state index < -0.39 is 11.0 Å². The number of benzene rings is 5. The number of hydrogen-bond acceptors (Lipinski definition) is 1. The Bertz CT molecular complexity index is 2020. The Morgan fingerprint density at radius 2 is 1.16 bits per heavy atom. The number of rotatable bonds is 3. The highest BCUT2D eigenvalue weighted by Crippen LogP contribution is 2.48. The smallest absolute Gasteiger partial charge is 0.159 e. The van der Waals surface area contributed by atoms with Crippen molar-refractivity contribution in [3.63, 3.8) is 0 Å². The van der Waals surface area contributed by atoms with Crippen LogP contribution in [-0.4, -0.2) is 12.7 Å². The summed E-state index contributed by atoms with van der Waals surface area (Å²) in [7, 11) is -1.43. The summed E-state index contributed by atoms with van der Waals surface area (Å²) in [5.41, 5.74) is 9.62. The van der Waals surface area contributed by atoms with Crippen molar-refractivity contribution < 1.29 is 4.21 Å². The summed E-state index contributed by atoms with van der Waals surface area (Å²) in [6.45, 7) is 0. The van der Waals surface area contributed by atoms with Gasteiger partial charge in [-0.1, -0.05) is 115 Å². The molecule has 0 amide bonds. The zero-order valence-electron chi connectivity index (χ0n) is 20.4. The van der Waals surface area contributed by atoms with Gasteiger partial charge < -0.3 is 4.57 Å². The molecule has 4 heteroatoms. The van der Waals surface area contributed by atoms with Gasteiger partial charge in [-0.2, -0.15) is 0 Å². The van der Waals surface area contributed by atoms with Gasteiger partial charge in [0.25, 0.3) is 0 Å². The molecule has 1 unspecified atom stereocenters. The zero-order valence-corrected chi connectivity index (χ0v) is 21.2. The Balaban J connectivity index is 1.65. The van der Waals surface area contributed by atoms with Crippen molar-refractivity contribution in [1.29, 1.82) is 0 Å². The second kappa shape index (κ2) is 8.17. The number of nitrogens with zero attached hydrogens (tertiary/aromatic N) is 2. The van der Waals surface area contributed by atoms with Gasteiger partial charge in [0.1, 0.15) is 0 Å². The molecule has 3 nitrogen and oxygen atoms in total. The van der Waals surface area contributed by atoms with Crippen molar-refractivity contribution in [1.82, 2.24) is 8.54 Å². The van der Waals surface area contributed by atoms with Gasteiger partial charge in [-0.15, -0.1) is 0 Å². The standard InChI is InChI=1S/C34H22N2OS/c37-38-30-19-11-10-18-28(30)35-32(25-16-8-3-9-17-25)31(24-14-6-2-7-15-24)27-21-20-26-22-29(23-12-4-1-5-13-23)36(38)33(26)34(27)35/h1-22H. The van der Waals surface area contributed by atoms with E-state index in [1.165, 1.54) is 5.56 Å². The topological polar surface area (TPSA) is 26.9 Å². The van der Waals surface area contributed by atoms with Gasteiger partial charge in [0.05, 0.1) is 33.0 Å². The Hall–Kier alpha value is -4.67. The largest absolute Gasteiger partial charge is 0.305 e. The minimum atomic E-state index is -1.43. The molecule has 1 aliphatic rings. The maximum Gasteiger partial charge on any atom is 0.159 e. The lowest BCUT2D eigenvalue weighted by atomic mass is 9.98. The highest BCUT2D eigenvalue weighted by Gasteiger charge is 2.31. The number of fused-ring (bicyclic) bond motifs is 2. The monoisotopic (exact) mass is 506 g/mol. The molecule has 0 N–H and O–H groups in total. The van der Waals surface area contributed by atoms with Gasteiger partial charge >= 0.3 is 0 Å². The number of hydrogen-bond donors (Lipinski definition) is 0. The lowest BCUT2D eigenvalue weighted by Crippen LogP contribution is -2.07. The van der Waals surface area contributed by atoms with Crippen LogP contribution in [0.2, 0.25) is 0 Å². The minimum Gasteiger partial charge on any atom is -0.305 e. The average Bonchev–Trinajstić information content (AvgIpc) is 3.51. The third kappa shape index (κ3) is 2.92. The second-order valence-corrected chi connectivity index (χ2v) is 10.9. The highest BCUT2D eigenvalue weighted by molar-refractivity contribution is 7.84. The molecule has 180 valence electrons. The van der Waals surface area contributed by atoms with Crippen molar-refractivity contribution >= 4 is 32.8 Å². The van der Waals surface area contributed by atoms with Crippen LogP contribution in [-0.2, 0) is 11.0 Å². The third-order valence-electron chi connectivity index (χ3n) is 7.49. The fourth-order valence-electron chi connectivity index (χ4n) is 5.91. The molecular formula is C34H22N2OS. The first-order valence-corrected chi connectivity index (χ1v) is 13.8. The molecule has 5 aromatic carbocycles. The van der Waals surface area contributed by atoms with Crippen molar-refractivity contribution in [2.75, 3.05) is 0 Å². The van der Waals surface area contributed by atoms with E-state index in [0.29, 0.717) is 0 Å². The first-order valence-electron chi connectivity index (χ1n) is 12.7. The third-order valence-corrected chi connectivity index (χ3v) is 8.92. The summed E-state index contributed by atoms with van der Waals surface area (Å²) in [5, 5.41) is 2.23. The summed E-state index contributed by atoms with van der Waals surface area (Å²) >= 11 is 0. The van der Waals surface area contributed by atoms with E-state index in [1.54, 1.807) is 0 Å². The van der Waals surface area contributed by atoms with E-state index in [1.807, 2.05) is 40.4 Å². The Morgan fingerprint density at radius 1 is 0.553 bits per heavy atom. The molecule has 1 aliphatic heterocycles. The van der Waals surface area contributed by atoms with Crippen LogP contribution in [0.4, 0.5) is 0 Å². The lowest BCUT2D eigenvalue weighted by molar-refractivity contribution is 0.679. The predicted molar refractivity (Wildman–Crippen MR) is 157 cm³/mol. The molecule has 1 atom stereocenters. The van der Waals surface area contributed by atoms with Gasteiger partial charge in [-0.3, -0.25) is 3.97 Å². The maximum absolute atomic E-state index is 14.5. The number of para-hydroxylation sites is 1. The molecule has 3 heterocycles. The summed E-state index contributed by atoms with van der Waals surface area (Å²) < 4.78 is 18.9. The fourth-order valence-corrected chi connectivity index (χ4v) is 7.33. The van der Waals surface area contributed by atoms with E-state index in [-0.39, 0.29) is 0 Å². The van der Waals surface area contributed by atoms with Crippen molar-refractivity contribution in [2.45, 2.75) is 4.90 Å². The second-order valence-electron chi connectivity index (χ2n) is 9.60. The molecule has 7 aromatic rings. The van der Waals surface area contributed by atoms with Crippen molar-refractivity contribution in [3.05, 3.63) is 133 Å². The zero-order chi connectivity index (χ0) is 25.2. The minimum absolute atomic E-state index is 0.798. The van der Waals surface area contributed by atoms with Crippen molar-refractivity contribution in [2.24, 2.45) is 0 Å². The van der Waals surface area contributed by atoms with Crippen LogP contribution in [0.3, 0.4) is 0 Å². The normalized spacial score (nSPS) is 14.2. The van der Waals surface area contributed by atoms with Gasteiger partial charge in [0.2, 0.25) is 0 Å². The summed E-state index contributed by atoms with van der Waals surface area (Å²) in [6.07, 6.45) is 0. The van der Waals surface area contributed by atoms with E-state index in [2.05, 4.69) is 102 Å². The number of aromatic nitrogens is 2. The van der Waals surface area contributed by atoms with E-state index in [0.717, 1.165) is 60.5 Å². The lowest BCUT2D eigenvalue weighted by Gasteiger charge is -2.15. The maximum atomic E-state index is 14.5.